The molecule has 0 spiro atoms. The number of hydrogen-bond donors (Lipinski definition) is 0. The van der Waals surface area contributed by atoms with Crippen molar-refractivity contribution < 1.29 is 23.5 Å². The predicted octanol–water partition coefficient (Wildman–Crippen LogP) is 5.91. The first-order valence-electron chi connectivity index (χ1n) is 10.9. The van der Waals surface area contributed by atoms with Crippen molar-refractivity contribution in [3.8, 4) is 17.6 Å². The van der Waals surface area contributed by atoms with Crippen molar-refractivity contribution >= 4 is 29.0 Å². The van der Waals surface area contributed by atoms with E-state index in [4.69, 9.17) is 9.47 Å². The molecule has 1 fully saturated rings. The van der Waals surface area contributed by atoms with Gasteiger partial charge in [-0.1, -0.05) is 36.4 Å². The highest BCUT2D eigenvalue weighted by Crippen LogP contribution is 2.35. The van der Waals surface area contributed by atoms with E-state index in [9.17, 15) is 19.2 Å². The van der Waals surface area contributed by atoms with Gasteiger partial charge in [-0.25, -0.2) is 4.39 Å². The molecule has 1 aliphatic rings. The lowest BCUT2D eigenvalue weighted by Crippen LogP contribution is -2.27. The maximum absolute atomic E-state index is 13.2. The zero-order valence-corrected chi connectivity index (χ0v) is 19.7. The highest BCUT2D eigenvalue weighted by molar-refractivity contribution is 8.18. The van der Waals surface area contributed by atoms with Gasteiger partial charge in [0.25, 0.3) is 11.1 Å². The number of benzene rings is 3. The lowest BCUT2D eigenvalue weighted by molar-refractivity contribution is -0.123. The van der Waals surface area contributed by atoms with Crippen molar-refractivity contribution in [2.24, 2.45) is 0 Å². The van der Waals surface area contributed by atoms with Crippen LogP contribution in [-0.2, 0) is 17.9 Å². The van der Waals surface area contributed by atoms with Crippen LogP contribution in [0.3, 0.4) is 0 Å². The smallest absolute Gasteiger partial charge is 0.293 e. The normalized spacial score (nSPS) is 14.3. The van der Waals surface area contributed by atoms with Gasteiger partial charge >= 0.3 is 0 Å². The molecule has 0 aliphatic carbocycles. The van der Waals surface area contributed by atoms with Crippen LogP contribution in [0.4, 0.5) is 9.18 Å². The van der Waals surface area contributed by atoms with Crippen molar-refractivity contribution in [1.82, 2.24) is 4.90 Å². The number of halogens is 1. The van der Waals surface area contributed by atoms with Crippen LogP contribution in [0.1, 0.15) is 29.2 Å². The molecule has 6 nitrogen and oxygen atoms in total. The number of ether oxygens (including phenoxy) is 2. The predicted molar refractivity (Wildman–Crippen MR) is 131 cm³/mol. The van der Waals surface area contributed by atoms with Crippen LogP contribution < -0.4 is 9.47 Å². The van der Waals surface area contributed by atoms with Gasteiger partial charge in [0.1, 0.15) is 12.4 Å². The number of carbonyl (C=O) groups is 2. The number of nitriles is 1. The van der Waals surface area contributed by atoms with Gasteiger partial charge in [0.05, 0.1) is 29.7 Å². The van der Waals surface area contributed by atoms with Gasteiger partial charge in [-0.2, -0.15) is 5.26 Å². The minimum Gasteiger partial charge on any atom is -0.490 e. The van der Waals surface area contributed by atoms with Crippen molar-refractivity contribution in [3.05, 3.63) is 99.7 Å². The molecule has 0 bridgehead atoms. The highest BCUT2D eigenvalue weighted by atomic mass is 32.2. The third kappa shape index (κ3) is 5.70. The van der Waals surface area contributed by atoms with E-state index in [1.807, 2.05) is 19.1 Å². The summed E-state index contributed by atoms with van der Waals surface area (Å²) in [6.07, 6.45) is 1.63. The first kappa shape index (κ1) is 24.0. The fourth-order valence-electron chi connectivity index (χ4n) is 3.47. The Bertz CT molecular complexity index is 1330. The first-order chi connectivity index (χ1) is 17.0. The number of amides is 2. The third-order valence-electron chi connectivity index (χ3n) is 5.21. The van der Waals surface area contributed by atoms with E-state index in [-0.39, 0.29) is 29.1 Å². The molecule has 1 saturated heterocycles. The summed E-state index contributed by atoms with van der Waals surface area (Å²) in [5, 5.41) is 8.89. The van der Waals surface area contributed by atoms with Gasteiger partial charge in [0.2, 0.25) is 0 Å². The molecule has 0 saturated carbocycles. The van der Waals surface area contributed by atoms with E-state index in [0.717, 1.165) is 22.2 Å². The third-order valence-corrected chi connectivity index (χ3v) is 6.12. The molecule has 0 radical (unpaired) electrons. The van der Waals surface area contributed by atoms with Gasteiger partial charge in [0, 0.05) is 5.56 Å². The standard InChI is InChI=1S/C27H21FN2O4S/c1-2-33-24-13-19(9-12-23(24)34-17-21-6-4-3-5-20(21)15-29)14-25-26(31)30(27(32)35-25)16-18-7-10-22(28)11-8-18/h3-14H,2,16-17H2,1H3. The Balaban J connectivity index is 1.51. The number of imide groups is 1. The molecule has 35 heavy (non-hydrogen) atoms. The second-order valence-corrected chi connectivity index (χ2v) is 8.58. The molecule has 3 aromatic rings. The molecule has 4 rings (SSSR count). The highest BCUT2D eigenvalue weighted by Gasteiger charge is 2.35. The maximum Gasteiger partial charge on any atom is 0.293 e. The summed E-state index contributed by atoms with van der Waals surface area (Å²) >= 11 is 0.856. The molecule has 0 atom stereocenters. The van der Waals surface area contributed by atoms with E-state index in [2.05, 4.69) is 6.07 Å². The fourth-order valence-corrected chi connectivity index (χ4v) is 4.31. The average molecular weight is 489 g/mol. The number of hydrogen-bond acceptors (Lipinski definition) is 6. The molecule has 0 aromatic heterocycles. The van der Waals surface area contributed by atoms with Crippen LogP contribution in [0, 0.1) is 17.1 Å². The summed E-state index contributed by atoms with van der Waals surface area (Å²) in [5.41, 5.74) is 2.63. The van der Waals surface area contributed by atoms with E-state index in [0.29, 0.717) is 34.8 Å². The molecule has 8 heteroatoms. The van der Waals surface area contributed by atoms with Gasteiger partial charge in [-0.05, 0) is 66.2 Å². The maximum atomic E-state index is 13.2. The molecular formula is C27H21FN2O4S. The van der Waals surface area contributed by atoms with E-state index in [1.54, 1.807) is 48.5 Å². The summed E-state index contributed by atoms with van der Waals surface area (Å²) in [5.74, 6) is 0.202. The average Bonchev–Trinajstić information content (AvgIpc) is 3.12. The van der Waals surface area contributed by atoms with Gasteiger partial charge in [-0.3, -0.25) is 14.5 Å². The Hall–Kier alpha value is -4.09. The molecule has 2 amide bonds. The molecule has 0 N–H and O–H groups in total. The molecule has 3 aromatic carbocycles. The lowest BCUT2D eigenvalue weighted by atomic mass is 10.1. The Morgan fingerprint density at radius 1 is 1.03 bits per heavy atom. The van der Waals surface area contributed by atoms with Crippen molar-refractivity contribution in [2.75, 3.05) is 6.61 Å². The SMILES string of the molecule is CCOc1cc(C=C2SC(=O)N(Cc3ccc(F)cc3)C2=O)ccc1OCc1ccccc1C#N. The van der Waals surface area contributed by atoms with E-state index >= 15 is 0 Å². The summed E-state index contributed by atoms with van der Waals surface area (Å²) < 4.78 is 24.8. The topological polar surface area (TPSA) is 79.6 Å². The number of rotatable bonds is 8. The monoisotopic (exact) mass is 488 g/mol. The lowest BCUT2D eigenvalue weighted by Gasteiger charge is -2.13. The Morgan fingerprint density at radius 2 is 1.80 bits per heavy atom. The molecule has 1 heterocycles. The van der Waals surface area contributed by atoms with Crippen LogP contribution in [0.5, 0.6) is 11.5 Å². The summed E-state index contributed by atoms with van der Waals surface area (Å²) in [6.45, 7) is 2.53. The first-order valence-corrected chi connectivity index (χ1v) is 11.7. The summed E-state index contributed by atoms with van der Waals surface area (Å²) in [7, 11) is 0. The second-order valence-electron chi connectivity index (χ2n) is 7.59. The molecule has 176 valence electrons. The van der Waals surface area contributed by atoms with Crippen LogP contribution in [-0.4, -0.2) is 22.7 Å². The second kappa shape index (κ2) is 10.9. The zero-order chi connectivity index (χ0) is 24.8. The largest absolute Gasteiger partial charge is 0.490 e. The van der Waals surface area contributed by atoms with Crippen molar-refractivity contribution in [2.45, 2.75) is 20.1 Å². The molecular weight excluding hydrogens is 467 g/mol. The minimum absolute atomic E-state index is 0.0728. The number of carbonyl (C=O) groups excluding carboxylic acids is 2. The number of thioether (sulfide) groups is 1. The Morgan fingerprint density at radius 3 is 2.54 bits per heavy atom. The fraction of sp³-hybridized carbons (Fsp3) is 0.148. The Labute approximate surface area is 206 Å². The van der Waals surface area contributed by atoms with Crippen LogP contribution >= 0.6 is 11.8 Å². The van der Waals surface area contributed by atoms with Crippen LogP contribution in [0.25, 0.3) is 6.08 Å². The van der Waals surface area contributed by atoms with Gasteiger partial charge < -0.3 is 9.47 Å². The van der Waals surface area contributed by atoms with E-state index in [1.165, 1.54) is 12.1 Å². The summed E-state index contributed by atoms with van der Waals surface area (Å²) in [6, 6.07) is 20.3. The van der Waals surface area contributed by atoms with Crippen molar-refractivity contribution in [3.63, 3.8) is 0 Å². The minimum atomic E-state index is -0.407. The molecule has 1 aliphatic heterocycles. The Kier molecular flexibility index (Phi) is 7.48. The number of nitrogens with zero attached hydrogens (tertiary/aromatic N) is 2. The summed E-state index contributed by atoms with van der Waals surface area (Å²) in [4.78, 5) is 26.7. The van der Waals surface area contributed by atoms with Crippen molar-refractivity contribution in [1.29, 1.82) is 5.26 Å². The zero-order valence-electron chi connectivity index (χ0n) is 18.9. The van der Waals surface area contributed by atoms with Crippen LogP contribution in [0.2, 0.25) is 0 Å². The van der Waals surface area contributed by atoms with Crippen LogP contribution in [0.15, 0.2) is 71.6 Å². The quantitative estimate of drug-likeness (QED) is 0.367. The van der Waals surface area contributed by atoms with Gasteiger partial charge in [0.15, 0.2) is 11.5 Å². The van der Waals surface area contributed by atoms with Gasteiger partial charge in [-0.15, -0.1) is 0 Å². The molecule has 0 unspecified atom stereocenters. The van der Waals surface area contributed by atoms with E-state index < -0.39 is 5.91 Å².